The van der Waals surface area contributed by atoms with E-state index < -0.39 is 0 Å². The number of carbonyl (C=O) groups excluding carboxylic acids is 1. The Bertz CT molecular complexity index is 467. The monoisotopic (exact) mass is 309 g/mol. The Hall–Kier alpha value is -0.900. The van der Waals surface area contributed by atoms with Crippen LogP contribution >= 0.6 is 11.3 Å². The quantitative estimate of drug-likeness (QED) is 0.765. The van der Waals surface area contributed by atoms with Crippen LogP contribution in [-0.2, 0) is 16.0 Å². The largest absolute Gasteiger partial charge is 0.469 e. The number of hydrogen-bond donors (Lipinski definition) is 0. The van der Waals surface area contributed by atoms with Gasteiger partial charge in [-0.2, -0.15) is 0 Å². The molecule has 1 saturated carbocycles. The van der Waals surface area contributed by atoms with Crippen LogP contribution in [0.1, 0.15) is 69.5 Å². The molecule has 0 unspecified atom stereocenters. The van der Waals surface area contributed by atoms with E-state index in [0.29, 0.717) is 24.2 Å². The van der Waals surface area contributed by atoms with E-state index in [-0.39, 0.29) is 5.97 Å². The summed E-state index contributed by atoms with van der Waals surface area (Å²) in [5.41, 5.74) is 1.47. The molecule has 0 N–H and O–H groups in total. The van der Waals surface area contributed by atoms with Gasteiger partial charge in [-0.25, -0.2) is 4.98 Å². The lowest BCUT2D eigenvalue weighted by Gasteiger charge is -2.36. The van der Waals surface area contributed by atoms with Gasteiger partial charge in [0.05, 0.1) is 24.2 Å². The third-order valence-corrected chi connectivity index (χ3v) is 5.74. The van der Waals surface area contributed by atoms with Gasteiger partial charge < -0.3 is 4.74 Å². The highest BCUT2D eigenvalue weighted by Gasteiger charge is 2.31. The zero-order valence-electron chi connectivity index (χ0n) is 13.6. The van der Waals surface area contributed by atoms with E-state index in [4.69, 9.17) is 4.98 Å². The highest BCUT2D eigenvalue weighted by atomic mass is 32.1. The van der Waals surface area contributed by atoms with Crippen molar-refractivity contribution < 1.29 is 9.53 Å². The van der Waals surface area contributed by atoms with E-state index in [1.165, 1.54) is 37.8 Å². The average Bonchev–Trinajstić information content (AvgIpc) is 2.93. The number of aryl methyl sites for hydroxylation is 1. The Kier molecular flexibility index (Phi) is 5.42. The standard InChI is InChI=1S/C17H27NO2S/c1-17(2,3)13-7-5-12(6-8-13)16-18-14(11-21-16)9-10-15(19)20-4/h11-13H,5-10H2,1-4H3. The van der Waals surface area contributed by atoms with Crippen molar-refractivity contribution >= 4 is 17.3 Å². The molecular formula is C17H27NO2S. The molecule has 0 atom stereocenters. The minimum Gasteiger partial charge on any atom is -0.469 e. The number of carbonyl (C=O) groups is 1. The highest BCUT2D eigenvalue weighted by Crippen LogP contribution is 2.43. The van der Waals surface area contributed by atoms with Crippen molar-refractivity contribution in [2.75, 3.05) is 7.11 Å². The molecule has 0 radical (unpaired) electrons. The third-order valence-electron chi connectivity index (χ3n) is 4.68. The summed E-state index contributed by atoms with van der Waals surface area (Å²) < 4.78 is 4.68. The molecular weight excluding hydrogens is 282 g/mol. The Labute approximate surface area is 132 Å². The van der Waals surface area contributed by atoms with E-state index in [1.54, 1.807) is 11.3 Å². The molecule has 4 heteroatoms. The first-order valence-electron chi connectivity index (χ1n) is 7.91. The summed E-state index contributed by atoms with van der Waals surface area (Å²) in [5.74, 6) is 1.31. The molecule has 0 aromatic carbocycles. The second kappa shape index (κ2) is 6.91. The molecule has 0 spiro atoms. The van der Waals surface area contributed by atoms with Crippen LogP contribution in [0.4, 0.5) is 0 Å². The number of aromatic nitrogens is 1. The molecule has 0 aliphatic heterocycles. The lowest BCUT2D eigenvalue weighted by molar-refractivity contribution is -0.140. The Morgan fingerprint density at radius 2 is 2.00 bits per heavy atom. The van der Waals surface area contributed by atoms with E-state index in [9.17, 15) is 4.79 Å². The summed E-state index contributed by atoms with van der Waals surface area (Å²) in [4.78, 5) is 15.9. The van der Waals surface area contributed by atoms with Gasteiger partial charge in [0.1, 0.15) is 0 Å². The molecule has 1 aromatic heterocycles. The van der Waals surface area contributed by atoms with Crippen molar-refractivity contribution in [3.05, 3.63) is 16.1 Å². The molecule has 3 nitrogen and oxygen atoms in total. The zero-order valence-corrected chi connectivity index (χ0v) is 14.5. The molecule has 0 saturated heterocycles. The first-order valence-corrected chi connectivity index (χ1v) is 8.79. The van der Waals surface area contributed by atoms with Crippen molar-refractivity contribution in [1.82, 2.24) is 4.98 Å². The van der Waals surface area contributed by atoms with Crippen LogP contribution in [0.3, 0.4) is 0 Å². The van der Waals surface area contributed by atoms with Gasteiger partial charge in [-0.05, 0) is 37.0 Å². The fraction of sp³-hybridized carbons (Fsp3) is 0.765. The van der Waals surface area contributed by atoms with E-state index in [2.05, 4.69) is 30.9 Å². The molecule has 118 valence electrons. The molecule has 0 bridgehead atoms. The minimum atomic E-state index is -0.157. The maximum absolute atomic E-state index is 11.2. The number of nitrogens with zero attached hydrogens (tertiary/aromatic N) is 1. The summed E-state index contributed by atoms with van der Waals surface area (Å²) in [6, 6.07) is 0. The summed E-state index contributed by atoms with van der Waals surface area (Å²) in [6.07, 6.45) is 6.26. The summed E-state index contributed by atoms with van der Waals surface area (Å²) in [5, 5.41) is 3.37. The smallest absolute Gasteiger partial charge is 0.305 e. The summed E-state index contributed by atoms with van der Waals surface area (Å²) in [6.45, 7) is 7.06. The van der Waals surface area contributed by atoms with Gasteiger partial charge >= 0.3 is 5.97 Å². The lowest BCUT2D eigenvalue weighted by Crippen LogP contribution is -2.25. The van der Waals surface area contributed by atoms with Crippen LogP contribution < -0.4 is 0 Å². The first kappa shape index (κ1) is 16.5. The van der Waals surface area contributed by atoms with Gasteiger partial charge in [-0.1, -0.05) is 20.8 Å². The van der Waals surface area contributed by atoms with Gasteiger partial charge in [0.25, 0.3) is 0 Å². The number of thiazole rings is 1. The van der Waals surface area contributed by atoms with Gasteiger partial charge in [-0.15, -0.1) is 11.3 Å². The van der Waals surface area contributed by atoms with Crippen LogP contribution in [0, 0.1) is 11.3 Å². The second-order valence-electron chi connectivity index (χ2n) is 7.17. The first-order chi connectivity index (χ1) is 9.90. The van der Waals surface area contributed by atoms with Crippen molar-refractivity contribution in [3.63, 3.8) is 0 Å². The number of methoxy groups -OCH3 is 1. The number of rotatable bonds is 4. The highest BCUT2D eigenvalue weighted by molar-refractivity contribution is 7.09. The zero-order chi connectivity index (χ0) is 15.5. The van der Waals surface area contributed by atoms with Crippen LogP contribution in [0.15, 0.2) is 5.38 Å². The van der Waals surface area contributed by atoms with Crippen LogP contribution in [-0.4, -0.2) is 18.1 Å². The number of esters is 1. The normalized spacial score (nSPS) is 23.0. The van der Waals surface area contributed by atoms with E-state index in [0.717, 1.165) is 11.6 Å². The molecule has 1 aliphatic carbocycles. The van der Waals surface area contributed by atoms with E-state index >= 15 is 0 Å². The second-order valence-corrected chi connectivity index (χ2v) is 8.06. The Morgan fingerprint density at radius 1 is 1.33 bits per heavy atom. The molecule has 2 rings (SSSR count). The number of ether oxygens (including phenoxy) is 1. The maximum atomic E-state index is 11.2. The van der Waals surface area contributed by atoms with Crippen molar-refractivity contribution in [2.45, 2.75) is 65.2 Å². The predicted molar refractivity (Wildman–Crippen MR) is 86.6 cm³/mol. The van der Waals surface area contributed by atoms with Crippen molar-refractivity contribution in [3.8, 4) is 0 Å². The fourth-order valence-corrected chi connectivity index (χ4v) is 4.19. The molecule has 1 aliphatic rings. The molecule has 1 heterocycles. The van der Waals surface area contributed by atoms with Gasteiger partial charge in [0.15, 0.2) is 0 Å². The van der Waals surface area contributed by atoms with Crippen LogP contribution in [0.5, 0.6) is 0 Å². The Balaban J connectivity index is 1.87. The molecule has 1 fully saturated rings. The number of hydrogen-bond acceptors (Lipinski definition) is 4. The van der Waals surface area contributed by atoms with Crippen LogP contribution in [0.2, 0.25) is 0 Å². The molecule has 0 amide bonds. The predicted octanol–water partition coefficient (Wildman–Crippen LogP) is 4.57. The molecule has 21 heavy (non-hydrogen) atoms. The van der Waals surface area contributed by atoms with Gasteiger partial charge in [0.2, 0.25) is 0 Å². The minimum absolute atomic E-state index is 0.157. The molecule has 1 aromatic rings. The average molecular weight is 309 g/mol. The van der Waals surface area contributed by atoms with Gasteiger partial charge in [-0.3, -0.25) is 4.79 Å². The third kappa shape index (κ3) is 4.53. The van der Waals surface area contributed by atoms with Gasteiger partial charge in [0, 0.05) is 17.7 Å². The fourth-order valence-electron chi connectivity index (χ4n) is 3.16. The Morgan fingerprint density at radius 3 is 2.57 bits per heavy atom. The van der Waals surface area contributed by atoms with Crippen molar-refractivity contribution in [2.24, 2.45) is 11.3 Å². The summed E-state index contributed by atoms with van der Waals surface area (Å²) >= 11 is 1.76. The summed E-state index contributed by atoms with van der Waals surface area (Å²) in [7, 11) is 1.43. The maximum Gasteiger partial charge on any atom is 0.305 e. The topological polar surface area (TPSA) is 39.2 Å². The lowest BCUT2D eigenvalue weighted by atomic mass is 9.70. The van der Waals surface area contributed by atoms with Crippen LogP contribution in [0.25, 0.3) is 0 Å². The van der Waals surface area contributed by atoms with E-state index in [1.807, 2.05) is 0 Å². The SMILES string of the molecule is COC(=O)CCc1csc(C2CCC(C(C)(C)C)CC2)n1. The van der Waals surface area contributed by atoms with Crippen molar-refractivity contribution in [1.29, 1.82) is 0 Å².